The minimum absolute atomic E-state index is 0.00702. The summed E-state index contributed by atoms with van der Waals surface area (Å²) in [6, 6.07) is 13.5. The number of carboxylic acids is 1. The number of carboxylic acid groups (broad SMARTS) is 1. The Hall–Kier alpha value is -3.50. The van der Waals surface area contributed by atoms with E-state index in [4.69, 9.17) is 15.6 Å². The summed E-state index contributed by atoms with van der Waals surface area (Å²) >= 11 is 0. The Morgan fingerprint density at radius 3 is 2.47 bits per heavy atom. The molecule has 0 aliphatic rings. The number of hydrogen-bond donors (Lipinski definition) is 2. The van der Waals surface area contributed by atoms with Gasteiger partial charge in [0.1, 0.15) is 17.4 Å². The summed E-state index contributed by atoms with van der Waals surface area (Å²) in [6.45, 7) is -1.05. The van der Waals surface area contributed by atoms with Crippen LogP contribution in [0.15, 0.2) is 65.6 Å². The lowest BCUT2D eigenvalue weighted by molar-refractivity contribution is -0.139. The molecule has 0 bridgehead atoms. The van der Waals surface area contributed by atoms with E-state index in [0.717, 1.165) is 22.5 Å². The zero-order valence-corrected chi connectivity index (χ0v) is 17.8. The van der Waals surface area contributed by atoms with Crippen LogP contribution in [0, 0.1) is 11.6 Å². The van der Waals surface area contributed by atoms with Crippen molar-refractivity contribution in [3.8, 4) is 16.9 Å². The van der Waals surface area contributed by atoms with E-state index in [2.05, 4.69) is 0 Å². The maximum atomic E-state index is 14.8. The molecule has 0 saturated carbocycles. The van der Waals surface area contributed by atoms with E-state index in [9.17, 15) is 22.0 Å². The van der Waals surface area contributed by atoms with E-state index in [-0.39, 0.29) is 22.8 Å². The highest BCUT2D eigenvalue weighted by Crippen LogP contribution is 2.34. The van der Waals surface area contributed by atoms with Crippen LogP contribution in [0.1, 0.15) is 5.56 Å². The molecule has 0 aliphatic heterocycles. The number of anilines is 1. The van der Waals surface area contributed by atoms with Crippen molar-refractivity contribution >= 4 is 21.7 Å². The second-order valence-electron chi connectivity index (χ2n) is 6.97. The number of sulfonamides is 1. The van der Waals surface area contributed by atoms with Gasteiger partial charge in [0.05, 0.1) is 4.90 Å². The van der Waals surface area contributed by atoms with Gasteiger partial charge in [0, 0.05) is 36.5 Å². The van der Waals surface area contributed by atoms with E-state index in [1.54, 1.807) is 24.3 Å². The topological polar surface area (TPSA) is 110 Å². The van der Waals surface area contributed by atoms with Crippen LogP contribution in [0.5, 0.6) is 5.75 Å². The van der Waals surface area contributed by atoms with Gasteiger partial charge >= 0.3 is 5.97 Å². The van der Waals surface area contributed by atoms with Gasteiger partial charge in [-0.15, -0.1) is 0 Å². The zero-order chi connectivity index (χ0) is 23.5. The van der Waals surface area contributed by atoms with Crippen molar-refractivity contribution < 1.29 is 31.8 Å². The predicted octanol–water partition coefficient (Wildman–Crippen LogP) is 3.50. The summed E-state index contributed by atoms with van der Waals surface area (Å²) < 4.78 is 60.0. The molecule has 0 aliphatic carbocycles. The molecule has 0 spiro atoms. The molecule has 0 radical (unpaired) electrons. The van der Waals surface area contributed by atoms with Crippen molar-refractivity contribution in [3.05, 3.63) is 77.9 Å². The first-order valence-electron chi connectivity index (χ1n) is 9.33. The second-order valence-corrected chi connectivity index (χ2v) is 9.01. The molecule has 3 rings (SSSR count). The molecule has 10 heteroatoms. The summed E-state index contributed by atoms with van der Waals surface area (Å²) in [4.78, 5) is 10.6. The van der Waals surface area contributed by atoms with E-state index < -0.39 is 34.2 Å². The summed E-state index contributed by atoms with van der Waals surface area (Å²) in [5.41, 5.74) is 7.12. The molecule has 3 aromatic carbocycles. The molecule has 0 aromatic heterocycles. The Labute approximate surface area is 183 Å². The number of nitrogens with zero attached hydrogens (tertiary/aromatic N) is 1. The number of nitrogens with two attached hydrogens (primary N) is 1. The van der Waals surface area contributed by atoms with Gasteiger partial charge in [-0.25, -0.2) is 22.0 Å². The molecule has 3 N–H and O–H groups in total. The summed E-state index contributed by atoms with van der Waals surface area (Å²) in [5, 5.41) is 8.90. The first kappa shape index (κ1) is 23.2. The molecule has 3 aromatic rings. The number of aliphatic carboxylic acids is 1. The van der Waals surface area contributed by atoms with Crippen LogP contribution in [0.25, 0.3) is 11.1 Å². The van der Waals surface area contributed by atoms with E-state index >= 15 is 0 Å². The number of rotatable bonds is 8. The van der Waals surface area contributed by atoms with Gasteiger partial charge in [-0.1, -0.05) is 18.2 Å². The fourth-order valence-electron chi connectivity index (χ4n) is 3.04. The van der Waals surface area contributed by atoms with E-state index in [0.29, 0.717) is 16.8 Å². The monoisotopic (exact) mass is 462 g/mol. The molecule has 0 heterocycles. The molecule has 0 saturated heterocycles. The maximum Gasteiger partial charge on any atom is 0.341 e. The van der Waals surface area contributed by atoms with Gasteiger partial charge in [0.25, 0.3) is 0 Å². The molecule has 0 unspecified atom stereocenters. The number of benzene rings is 3. The standard InChI is InChI=1S/C22H20F2N2O5S/c1-26(32(29,30)18-7-3-5-16(23)10-18)12-15-9-19(14-4-2-6-17(25)8-14)21(11-20(15)24)31-13-22(27)28/h2-11H,12-13,25H2,1H3,(H,27,28). The Kier molecular flexibility index (Phi) is 6.75. The van der Waals surface area contributed by atoms with Crippen LogP contribution in [0.3, 0.4) is 0 Å². The number of ether oxygens (including phenoxy) is 1. The first-order chi connectivity index (χ1) is 15.1. The van der Waals surface area contributed by atoms with Crippen molar-refractivity contribution in [1.29, 1.82) is 0 Å². The van der Waals surface area contributed by atoms with Gasteiger partial charge in [0.2, 0.25) is 10.0 Å². The minimum Gasteiger partial charge on any atom is -0.481 e. The summed E-state index contributed by atoms with van der Waals surface area (Å²) in [7, 11) is -2.85. The van der Waals surface area contributed by atoms with E-state index in [1.165, 1.54) is 25.2 Å². The van der Waals surface area contributed by atoms with Crippen molar-refractivity contribution in [2.45, 2.75) is 11.4 Å². The smallest absolute Gasteiger partial charge is 0.341 e. The molecule has 168 valence electrons. The average Bonchev–Trinajstić information content (AvgIpc) is 2.73. The molecule has 7 nitrogen and oxygen atoms in total. The minimum atomic E-state index is -4.09. The fourth-order valence-corrected chi connectivity index (χ4v) is 4.22. The lowest BCUT2D eigenvalue weighted by Gasteiger charge is -2.19. The van der Waals surface area contributed by atoms with Crippen molar-refractivity contribution in [3.63, 3.8) is 0 Å². The molecular formula is C22H20F2N2O5S. The number of nitrogen functional groups attached to an aromatic ring is 1. The van der Waals surface area contributed by atoms with Gasteiger partial charge in [0.15, 0.2) is 6.61 Å². The third-order valence-corrected chi connectivity index (χ3v) is 6.39. The third-order valence-electron chi connectivity index (χ3n) is 4.59. The molecule has 0 fully saturated rings. The maximum absolute atomic E-state index is 14.8. The average molecular weight is 462 g/mol. The van der Waals surface area contributed by atoms with Crippen LogP contribution < -0.4 is 10.5 Å². The normalized spacial score (nSPS) is 11.5. The lowest BCUT2D eigenvalue weighted by Crippen LogP contribution is -2.27. The highest BCUT2D eigenvalue weighted by molar-refractivity contribution is 7.89. The van der Waals surface area contributed by atoms with Crippen molar-refractivity contribution in [2.24, 2.45) is 0 Å². The highest BCUT2D eigenvalue weighted by atomic mass is 32.2. The van der Waals surface area contributed by atoms with Gasteiger partial charge in [-0.05, 0) is 42.0 Å². The Morgan fingerprint density at radius 1 is 1.09 bits per heavy atom. The Morgan fingerprint density at radius 2 is 1.81 bits per heavy atom. The summed E-state index contributed by atoms with van der Waals surface area (Å²) in [6.07, 6.45) is 0. The fraction of sp³-hybridized carbons (Fsp3) is 0.136. The predicted molar refractivity (Wildman–Crippen MR) is 114 cm³/mol. The number of hydrogen-bond acceptors (Lipinski definition) is 5. The molecular weight excluding hydrogens is 442 g/mol. The largest absolute Gasteiger partial charge is 0.481 e. The zero-order valence-electron chi connectivity index (χ0n) is 17.0. The van der Waals surface area contributed by atoms with Crippen LogP contribution in [0.4, 0.5) is 14.5 Å². The van der Waals surface area contributed by atoms with E-state index in [1.807, 2.05) is 0 Å². The van der Waals surface area contributed by atoms with Crippen LogP contribution in [0.2, 0.25) is 0 Å². The van der Waals surface area contributed by atoms with Crippen LogP contribution in [-0.2, 0) is 21.4 Å². The second kappa shape index (κ2) is 9.33. The van der Waals surface area contributed by atoms with Crippen molar-refractivity contribution in [1.82, 2.24) is 4.31 Å². The molecule has 0 amide bonds. The Balaban J connectivity index is 2.01. The van der Waals surface area contributed by atoms with Crippen molar-refractivity contribution in [2.75, 3.05) is 19.4 Å². The quantitative estimate of drug-likeness (QED) is 0.496. The lowest BCUT2D eigenvalue weighted by atomic mass is 10.0. The van der Waals surface area contributed by atoms with Gasteiger partial charge in [-0.2, -0.15) is 4.31 Å². The van der Waals surface area contributed by atoms with Crippen LogP contribution in [-0.4, -0.2) is 37.5 Å². The number of halogens is 2. The Bertz CT molecular complexity index is 1260. The molecule has 32 heavy (non-hydrogen) atoms. The SMILES string of the molecule is CN(Cc1cc(-c2cccc(N)c2)c(OCC(=O)O)cc1F)S(=O)(=O)c1cccc(F)c1. The third kappa shape index (κ3) is 5.21. The van der Waals surface area contributed by atoms with Gasteiger partial charge < -0.3 is 15.6 Å². The number of carbonyl (C=O) groups is 1. The molecule has 0 atom stereocenters. The van der Waals surface area contributed by atoms with Gasteiger partial charge in [-0.3, -0.25) is 0 Å². The highest BCUT2D eigenvalue weighted by Gasteiger charge is 2.24. The first-order valence-corrected chi connectivity index (χ1v) is 10.8. The summed E-state index contributed by atoms with van der Waals surface area (Å²) in [5.74, 6) is -2.78. The van der Waals surface area contributed by atoms with Crippen LogP contribution >= 0.6 is 0 Å².